The second-order valence-electron chi connectivity index (χ2n) is 7.01. The number of amides is 1. The lowest BCUT2D eigenvalue weighted by Gasteiger charge is -2.52. The molecule has 1 amide bonds. The number of carbonyl (C=O) groups excluding carboxylic acids is 1. The Bertz CT molecular complexity index is 558. The van der Waals surface area contributed by atoms with Gasteiger partial charge in [-0.05, 0) is 42.7 Å². The minimum atomic E-state index is 0.365. The predicted octanol–water partition coefficient (Wildman–Crippen LogP) is 1.86. The highest BCUT2D eigenvalue weighted by atomic mass is 16.5. The molecule has 0 aromatic carbocycles. The molecule has 1 aromatic rings. The monoisotopic (exact) mass is 304 g/mol. The van der Waals surface area contributed by atoms with Crippen molar-refractivity contribution in [2.75, 3.05) is 24.5 Å². The Morgan fingerprint density at radius 3 is 3.09 bits per heavy atom. The van der Waals surface area contributed by atoms with E-state index in [2.05, 4.69) is 26.9 Å². The van der Waals surface area contributed by atoms with Crippen LogP contribution in [-0.2, 0) is 11.2 Å². The van der Waals surface area contributed by atoms with Gasteiger partial charge in [-0.2, -0.15) is 4.98 Å². The molecule has 3 aliphatic heterocycles. The quantitative estimate of drug-likeness (QED) is 0.853. The average molecular weight is 304 g/mol. The fraction of sp³-hybridized carbons (Fsp3) is 0.812. The zero-order chi connectivity index (χ0) is 15.1. The van der Waals surface area contributed by atoms with E-state index in [1.54, 1.807) is 0 Å². The summed E-state index contributed by atoms with van der Waals surface area (Å²) in [7, 11) is 0. The van der Waals surface area contributed by atoms with Gasteiger partial charge >= 0.3 is 0 Å². The zero-order valence-corrected chi connectivity index (χ0v) is 13.2. The Morgan fingerprint density at radius 1 is 1.32 bits per heavy atom. The molecule has 4 heterocycles. The van der Waals surface area contributed by atoms with Crippen LogP contribution in [0.3, 0.4) is 0 Å². The molecule has 6 heteroatoms. The van der Waals surface area contributed by atoms with E-state index in [9.17, 15) is 4.79 Å². The molecule has 3 fully saturated rings. The first-order valence-electron chi connectivity index (χ1n) is 8.61. The number of aryl methyl sites for hydroxylation is 1. The van der Waals surface area contributed by atoms with Crippen molar-refractivity contribution in [2.45, 2.75) is 51.5 Å². The lowest BCUT2D eigenvalue weighted by molar-refractivity contribution is -0.142. The number of rotatable bonds is 3. The van der Waals surface area contributed by atoms with Crippen molar-refractivity contribution in [1.29, 1.82) is 0 Å². The van der Waals surface area contributed by atoms with Gasteiger partial charge in [0.25, 0.3) is 5.95 Å². The Labute approximate surface area is 130 Å². The molecule has 4 rings (SSSR count). The molecule has 0 radical (unpaired) electrons. The van der Waals surface area contributed by atoms with E-state index in [1.807, 2.05) is 0 Å². The second-order valence-corrected chi connectivity index (χ2v) is 7.01. The van der Waals surface area contributed by atoms with Crippen LogP contribution in [0.1, 0.15) is 44.9 Å². The number of piperidine rings is 3. The first-order valence-corrected chi connectivity index (χ1v) is 8.61. The summed E-state index contributed by atoms with van der Waals surface area (Å²) in [5, 5.41) is 4.16. The summed E-state index contributed by atoms with van der Waals surface area (Å²) in [5.41, 5.74) is 0. The average Bonchev–Trinajstić information content (AvgIpc) is 2.97. The molecule has 0 aliphatic carbocycles. The summed E-state index contributed by atoms with van der Waals surface area (Å²) in [6.07, 6.45) is 6.05. The van der Waals surface area contributed by atoms with Gasteiger partial charge in [0.2, 0.25) is 11.8 Å². The van der Waals surface area contributed by atoms with Crippen LogP contribution < -0.4 is 4.90 Å². The molecule has 0 saturated carbocycles. The lowest BCUT2D eigenvalue weighted by atomic mass is 9.76. The van der Waals surface area contributed by atoms with Crippen LogP contribution in [0.4, 0.5) is 5.95 Å². The summed E-state index contributed by atoms with van der Waals surface area (Å²) in [4.78, 5) is 21.1. The van der Waals surface area contributed by atoms with Crippen molar-refractivity contribution in [3.63, 3.8) is 0 Å². The summed E-state index contributed by atoms with van der Waals surface area (Å²) in [6.45, 7) is 4.92. The van der Waals surface area contributed by atoms with E-state index in [1.165, 1.54) is 6.42 Å². The van der Waals surface area contributed by atoms with Crippen LogP contribution in [-0.4, -0.2) is 46.6 Å². The molecular weight excluding hydrogens is 280 g/mol. The van der Waals surface area contributed by atoms with Crippen LogP contribution in [0.5, 0.6) is 0 Å². The molecule has 0 N–H and O–H groups in total. The number of nitrogens with zero attached hydrogens (tertiary/aromatic N) is 4. The fourth-order valence-corrected chi connectivity index (χ4v) is 4.46. The number of hydrogen-bond acceptors (Lipinski definition) is 5. The van der Waals surface area contributed by atoms with Gasteiger partial charge < -0.3 is 14.3 Å². The van der Waals surface area contributed by atoms with Crippen LogP contribution >= 0.6 is 0 Å². The van der Waals surface area contributed by atoms with Crippen molar-refractivity contribution in [3.05, 3.63) is 5.89 Å². The molecule has 2 unspecified atom stereocenters. The topological polar surface area (TPSA) is 62.5 Å². The number of carbonyl (C=O) groups is 1. The number of hydrogen-bond donors (Lipinski definition) is 0. The maximum Gasteiger partial charge on any atom is 0.266 e. The highest BCUT2D eigenvalue weighted by Crippen LogP contribution is 2.38. The number of anilines is 1. The molecule has 3 saturated heterocycles. The SMILES string of the molecule is CCCc1nc(N2CC3CC(C2)[C@@H]2CCCC(=O)N2C3)no1. The third-order valence-corrected chi connectivity index (χ3v) is 5.38. The Kier molecular flexibility index (Phi) is 3.54. The van der Waals surface area contributed by atoms with Crippen molar-refractivity contribution >= 4 is 11.9 Å². The Morgan fingerprint density at radius 2 is 2.23 bits per heavy atom. The zero-order valence-electron chi connectivity index (χ0n) is 13.2. The van der Waals surface area contributed by atoms with E-state index >= 15 is 0 Å². The standard InChI is InChI=1S/C16H24N4O2/c1-2-4-14-17-16(18-22-14)19-8-11-7-12(10-19)13-5-3-6-15(21)20(13)9-11/h11-13H,2-10H2,1H3/t11?,12?,13-/m0/s1. The van der Waals surface area contributed by atoms with Gasteiger partial charge in [0.15, 0.2) is 0 Å². The van der Waals surface area contributed by atoms with E-state index in [-0.39, 0.29) is 0 Å². The van der Waals surface area contributed by atoms with Gasteiger partial charge in [-0.3, -0.25) is 4.79 Å². The summed E-state index contributed by atoms with van der Waals surface area (Å²) < 4.78 is 5.34. The maximum atomic E-state index is 12.2. The summed E-state index contributed by atoms with van der Waals surface area (Å²) >= 11 is 0. The van der Waals surface area contributed by atoms with Gasteiger partial charge in [-0.1, -0.05) is 6.92 Å². The smallest absolute Gasteiger partial charge is 0.266 e. The highest BCUT2D eigenvalue weighted by Gasteiger charge is 2.44. The molecular formula is C16H24N4O2. The second kappa shape index (κ2) is 5.56. The largest absolute Gasteiger partial charge is 0.339 e. The van der Waals surface area contributed by atoms with Crippen LogP contribution in [0.2, 0.25) is 0 Å². The molecule has 3 atom stereocenters. The predicted molar refractivity (Wildman–Crippen MR) is 81.5 cm³/mol. The highest BCUT2D eigenvalue weighted by molar-refractivity contribution is 5.77. The third-order valence-electron chi connectivity index (χ3n) is 5.38. The fourth-order valence-electron chi connectivity index (χ4n) is 4.46. The van der Waals surface area contributed by atoms with E-state index < -0.39 is 0 Å². The van der Waals surface area contributed by atoms with Crippen LogP contribution in [0, 0.1) is 11.8 Å². The van der Waals surface area contributed by atoms with Crippen LogP contribution in [0.25, 0.3) is 0 Å². The normalized spacial score (nSPS) is 31.3. The summed E-state index contributed by atoms with van der Waals surface area (Å²) in [6, 6.07) is 0.433. The van der Waals surface area contributed by atoms with Gasteiger partial charge in [0, 0.05) is 38.5 Å². The number of aromatic nitrogens is 2. The van der Waals surface area contributed by atoms with E-state index in [0.717, 1.165) is 63.6 Å². The Hall–Kier alpha value is -1.59. The van der Waals surface area contributed by atoms with Crippen molar-refractivity contribution in [3.8, 4) is 0 Å². The molecule has 1 aromatic heterocycles. The molecule has 120 valence electrons. The van der Waals surface area contributed by atoms with Crippen molar-refractivity contribution in [1.82, 2.24) is 15.0 Å². The van der Waals surface area contributed by atoms with Crippen molar-refractivity contribution in [2.24, 2.45) is 11.8 Å². The first-order chi connectivity index (χ1) is 10.7. The molecule has 0 spiro atoms. The van der Waals surface area contributed by atoms with Crippen molar-refractivity contribution < 1.29 is 9.32 Å². The minimum Gasteiger partial charge on any atom is -0.339 e. The molecule has 3 aliphatic rings. The van der Waals surface area contributed by atoms with E-state index in [0.29, 0.717) is 23.8 Å². The van der Waals surface area contributed by atoms with Gasteiger partial charge in [0.1, 0.15) is 0 Å². The molecule has 22 heavy (non-hydrogen) atoms. The minimum absolute atomic E-state index is 0.365. The first kappa shape index (κ1) is 14.0. The third kappa shape index (κ3) is 2.38. The van der Waals surface area contributed by atoms with Gasteiger partial charge in [-0.15, -0.1) is 0 Å². The summed E-state index contributed by atoms with van der Waals surface area (Å²) in [5.74, 6) is 2.95. The van der Waals surface area contributed by atoms with E-state index in [4.69, 9.17) is 4.52 Å². The molecule has 6 nitrogen and oxygen atoms in total. The maximum absolute atomic E-state index is 12.2. The van der Waals surface area contributed by atoms with Gasteiger partial charge in [0.05, 0.1) is 0 Å². The van der Waals surface area contributed by atoms with Crippen LogP contribution in [0.15, 0.2) is 4.52 Å². The molecule has 2 bridgehead atoms. The number of fused-ring (bicyclic) bond motifs is 4. The lowest BCUT2D eigenvalue weighted by Crippen LogP contribution is -2.60. The Balaban J connectivity index is 1.51. The van der Waals surface area contributed by atoms with Gasteiger partial charge in [-0.25, -0.2) is 0 Å².